The Bertz CT molecular complexity index is 537. The summed E-state index contributed by atoms with van der Waals surface area (Å²) >= 11 is 10.5. The van der Waals surface area contributed by atoms with Crippen molar-refractivity contribution in [2.24, 2.45) is 0 Å². The van der Waals surface area contributed by atoms with Gasteiger partial charge < -0.3 is 0 Å². The fraction of sp³-hybridized carbons (Fsp3) is 0.143. The van der Waals surface area contributed by atoms with Crippen LogP contribution in [0.25, 0.3) is 0 Å². The molecule has 0 heterocycles. The standard InChI is InChI=1S/C14H10Br3F/c15-10-3-1-9(2-4-10)7-14(17)12-8-11(18)5-6-13(12)16/h1-6,8,14H,7H2. The fourth-order valence-corrected chi connectivity index (χ4v) is 3.54. The van der Waals surface area contributed by atoms with Crippen LogP contribution in [0.2, 0.25) is 0 Å². The van der Waals surface area contributed by atoms with Crippen LogP contribution in [0, 0.1) is 5.82 Å². The highest BCUT2D eigenvalue weighted by atomic mass is 79.9. The van der Waals surface area contributed by atoms with Crippen LogP contribution in [0.5, 0.6) is 0 Å². The van der Waals surface area contributed by atoms with Gasteiger partial charge in [-0.2, -0.15) is 0 Å². The first-order valence-corrected chi connectivity index (χ1v) is 7.90. The molecule has 0 amide bonds. The Kier molecular flexibility index (Phi) is 4.98. The molecule has 0 aromatic heterocycles. The number of rotatable bonds is 3. The molecule has 2 rings (SSSR count). The lowest BCUT2D eigenvalue weighted by Gasteiger charge is -2.12. The Balaban J connectivity index is 2.18. The maximum Gasteiger partial charge on any atom is 0.123 e. The predicted octanol–water partition coefficient (Wildman–Crippen LogP) is 6.03. The summed E-state index contributed by atoms with van der Waals surface area (Å²) in [5.74, 6) is -0.214. The lowest BCUT2D eigenvalue weighted by molar-refractivity contribution is 0.624. The fourth-order valence-electron chi connectivity index (χ4n) is 1.69. The molecular weight excluding hydrogens is 427 g/mol. The monoisotopic (exact) mass is 434 g/mol. The molecule has 1 unspecified atom stereocenters. The Labute approximate surface area is 131 Å². The highest BCUT2D eigenvalue weighted by Gasteiger charge is 2.13. The summed E-state index contributed by atoms with van der Waals surface area (Å²) in [5, 5.41) is 0. The maximum absolute atomic E-state index is 13.3. The summed E-state index contributed by atoms with van der Waals surface area (Å²) < 4.78 is 15.2. The van der Waals surface area contributed by atoms with Crippen molar-refractivity contribution in [1.29, 1.82) is 0 Å². The molecular formula is C14H10Br3F. The smallest absolute Gasteiger partial charge is 0.123 e. The van der Waals surface area contributed by atoms with Crippen LogP contribution in [0.15, 0.2) is 51.4 Å². The Morgan fingerprint density at radius 2 is 1.67 bits per heavy atom. The van der Waals surface area contributed by atoms with Gasteiger partial charge >= 0.3 is 0 Å². The maximum atomic E-state index is 13.3. The van der Waals surface area contributed by atoms with Crippen molar-refractivity contribution in [2.75, 3.05) is 0 Å². The van der Waals surface area contributed by atoms with Crippen molar-refractivity contribution in [1.82, 2.24) is 0 Å². The van der Waals surface area contributed by atoms with Gasteiger partial charge in [-0.25, -0.2) is 4.39 Å². The summed E-state index contributed by atoms with van der Waals surface area (Å²) in [5.41, 5.74) is 2.13. The Hall–Kier alpha value is -0.190. The van der Waals surface area contributed by atoms with E-state index in [-0.39, 0.29) is 10.6 Å². The van der Waals surface area contributed by atoms with Crippen molar-refractivity contribution in [3.8, 4) is 0 Å². The van der Waals surface area contributed by atoms with Crippen LogP contribution < -0.4 is 0 Å². The molecule has 0 radical (unpaired) electrons. The van der Waals surface area contributed by atoms with Crippen molar-refractivity contribution >= 4 is 47.8 Å². The van der Waals surface area contributed by atoms with Crippen LogP contribution >= 0.6 is 47.8 Å². The van der Waals surface area contributed by atoms with Gasteiger partial charge in [0.05, 0.1) is 0 Å². The van der Waals surface area contributed by atoms with Gasteiger partial charge in [-0.05, 0) is 47.9 Å². The van der Waals surface area contributed by atoms with E-state index in [9.17, 15) is 4.39 Å². The van der Waals surface area contributed by atoms with E-state index in [1.807, 2.05) is 12.1 Å². The molecule has 18 heavy (non-hydrogen) atoms. The largest absolute Gasteiger partial charge is 0.207 e. The van der Waals surface area contributed by atoms with Crippen LogP contribution in [0.3, 0.4) is 0 Å². The highest BCUT2D eigenvalue weighted by molar-refractivity contribution is 9.11. The molecule has 0 bridgehead atoms. The minimum absolute atomic E-state index is 0.0868. The summed E-state index contributed by atoms with van der Waals surface area (Å²) in [7, 11) is 0. The van der Waals surface area contributed by atoms with E-state index < -0.39 is 0 Å². The number of benzene rings is 2. The minimum Gasteiger partial charge on any atom is -0.207 e. The summed E-state index contributed by atoms with van der Waals surface area (Å²) in [6, 6.07) is 12.9. The zero-order valence-corrected chi connectivity index (χ0v) is 14.1. The van der Waals surface area contributed by atoms with Gasteiger partial charge in [-0.1, -0.05) is 59.9 Å². The highest BCUT2D eigenvalue weighted by Crippen LogP contribution is 2.33. The van der Waals surface area contributed by atoms with Crippen LogP contribution in [-0.2, 0) is 6.42 Å². The molecule has 0 fully saturated rings. The Morgan fingerprint density at radius 1 is 1.00 bits per heavy atom. The third kappa shape index (κ3) is 3.65. The first-order chi connectivity index (χ1) is 8.56. The van der Waals surface area contributed by atoms with E-state index in [0.717, 1.165) is 20.9 Å². The van der Waals surface area contributed by atoms with E-state index in [4.69, 9.17) is 0 Å². The van der Waals surface area contributed by atoms with E-state index in [1.54, 1.807) is 12.1 Å². The normalized spacial score (nSPS) is 12.4. The third-order valence-electron chi connectivity index (χ3n) is 2.62. The first-order valence-electron chi connectivity index (χ1n) is 5.40. The number of alkyl halides is 1. The van der Waals surface area contributed by atoms with Crippen molar-refractivity contribution in [3.63, 3.8) is 0 Å². The average Bonchev–Trinajstić information content (AvgIpc) is 2.35. The van der Waals surface area contributed by atoms with Crippen LogP contribution in [0.4, 0.5) is 4.39 Å². The second-order valence-corrected chi connectivity index (χ2v) is 6.84. The summed E-state index contributed by atoms with van der Waals surface area (Å²) in [6.07, 6.45) is 0.815. The molecule has 2 aromatic rings. The zero-order valence-electron chi connectivity index (χ0n) is 9.34. The summed E-state index contributed by atoms with van der Waals surface area (Å²) in [6.45, 7) is 0. The van der Waals surface area contributed by atoms with Crippen LogP contribution in [-0.4, -0.2) is 0 Å². The Morgan fingerprint density at radius 3 is 2.33 bits per heavy atom. The zero-order chi connectivity index (χ0) is 13.1. The third-order valence-corrected chi connectivity index (χ3v) is 4.69. The SMILES string of the molecule is Fc1ccc(Br)c(C(Br)Cc2ccc(Br)cc2)c1. The van der Waals surface area contributed by atoms with Gasteiger partial charge in [0.2, 0.25) is 0 Å². The van der Waals surface area contributed by atoms with E-state index in [2.05, 4.69) is 59.9 Å². The quantitative estimate of drug-likeness (QED) is 0.515. The van der Waals surface area contributed by atoms with Gasteiger partial charge in [-0.15, -0.1) is 0 Å². The lowest BCUT2D eigenvalue weighted by atomic mass is 10.0. The molecule has 0 saturated carbocycles. The second-order valence-electron chi connectivity index (χ2n) is 3.96. The topological polar surface area (TPSA) is 0 Å². The molecule has 0 nitrogen and oxygen atoms in total. The molecule has 0 aliphatic heterocycles. The van der Waals surface area contributed by atoms with Crippen molar-refractivity contribution in [2.45, 2.75) is 11.2 Å². The van der Waals surface area contributed by atoms with Crippen molar-refractivity contribution < 1.29 is 4.39 Å². The van der Waals surface area contributed by atoms with E-state index >= 15 is 0 Å². The van der Waals surface area contributed by atoms with E-state index in [1.165, 1.54) is 11.6 Å². The van der Waals surface area contributed by atoms with Crippen LogP contribution in [0.1, 0.15) is 16.0 Å². The average molecular weight is 437 g/mol. The first kappa shape index (κ1) is 14.2. The van der Waals surface area contributed by atoms with Gasteiger partial charge in [0.15, 0.2) is 0 Å². The van der Waals surface area contributed by atoms with Gasteiger partial charge in [-0.3, -0.25) is 0 Å². The molecule has 0 aliphatic carbocycles. The number of halogens is 4. The molecule has 0 saturated heterocycles. The molecule has 2 aromatic carbocycles. The van der Waals surface area contributed by atoms with Crippen molar-refractivity contribution in [3.05, 3.63) is 68.4 Å². The molecule has 0 spiro atoms. The molecule has 1 atom stereocenters. The molecule has 4 heteroatoms. The number of hydrogen-bond acceptors (Lipinski definition) is 0. The van der Waals surface area contributed by atoms with Gasteiger partial charge in [0.1, 0.15) is 5.82 Å². The molecule has 94 valence electrons. The lowest BCUT2D eigenvalue weighted by Crippen LogP contribution is -1.97. The van der Waals surface area contributed by atoms with Gasteiger partial charge in [0, 0.05) is 13.8 Å². The van der Waals surface area contributed by atoms with Gasteiger partial charge in [0.25, 0.3) is 0 Å². The summed E-state index contributed by atoms with van der Waals surface area (Å²) in [4.78, 5) is 0.0868. The second kappa shape index (κ2) is 6.31. The molecule has 0 aliphatic rings. The molecule has 0 N–H and O–H groups in total. The predicted molar refractivity (Wildman–Crippen MR) is 83.6 cm³/mol. The number of hydrogen-bond donors (Lipinski definition) is 0. The van der Waals surface area contributed by atoms with E-state index in [0.29, 0.717) is 0 Å². The minimum atomic E-state index is -0.214.